The molecule has 1 heterocycles. The molecule has 1 aliphatic rings. The highest BCUT2D eigenvalue weighted by Crippen LogP contribution is 2.35. The van der Waals surface area contributed by atoms with E-state index in [0.29, 0.717) is 0 Å². The molecule has 0 bridgehead atoms. The fourth-order valence-electron chi connectivity index (χ4n) is 2.14. The molecule has 112 valence electrons. The van der Waals surface area contributed by atoms with Gasteiger partial charge < -0.3 is 0 Å². The highest BCUT2D eigenvalue weighted by molar-refractivity contribution is 7.89. The number of rotatable bonds is 5. The van der Waals surface area contributed by atoms with Gasteiger partial charge in [-0.15, -0.1) is 11.3 Å². The van der Waals surface area contributed by atoms with E-state index in [4.69, 9.17) is 11.6 Å². The van der Waals surface area contributed by atoms with E-state index in [2.05, 4.69) is 0 Å². The van der Waals surface area contributed by atoms with Crippen molar-refractivity contribution in [2.45, 2.75) is 30.3 Å². The first-order valence-electron chi connectivity index (χ1n) is 6.48. The van der Waals surface area contributed by atoms with E-state index < -0.39 is 15.8 Å². The van der Waals surface area contributed by atoms with Crippen LogP contribution in [-0.2, 0) is 16.6 Å². The smallest absolute Gasteiger partial charge is 0.207 e. The first-order chi connectivity index (χ1) is 9.98. The molecule has 1 aromatic carbocycles. The Morgan fingerprint density at radius 3 is 2.67 bits per heavy atom. The third kappa shape index (κ3) is 3.13. The van der Waals surface area contributed by atoms with Crippen molar-refractivity contribution in [2.75, 3.05) is 0 Å². The van der Waals surface area contributed by atoms with Crippen LogP contribution < -0.4 is 0 Å². The van der Waals surface area contributed by atoms with Crippen molar-refractivity contribution in [2.24, 2.45) is 0 Å². The molecule has 3 nitrogen and oxygen atoms in total. The summed E-state index contributed by atoms with van der Waals surface area (Å²) in [5.74, 6) is -0.806. The Morgan fingerprint density at radius 2 is 2.10 bits per heavy atom. The molecule has 7 heteroatoms. The van der Waals surface area contributed by atoms with Gasteiger partial charge in [0.2, 0.25) is 10.0 Å². The molecule has 0 atom stereocenters. The summed E-state index contributed by atoms with van der Waals surface area (Å²) < 4.78 is 40.8. The Hall–Kier alpha value is -0.950. The van der Waals surface area contributed by atoms with Gasteiger partial charge in [0.05, 0.1) is 0 Å². The molecule has 2 aromatic rings. The van der Waals surface area contributed by atoms with Gasteiger partial charge in [0.15, 0.2) is 0 Å². The maximum absolute atomic E-state index is 14.0. The molecule has 0 N–H and O–H groups in total. The van der Waals surface area contributed by atoms with Crippen molar-refractivity contribution in [1.82, 2.24) is 4.31 Å². The molecule has 1 saturated carbocycles. The SMILES string of the molecule is O=S(=O)(c1ccc(Cl)cc1F)N(Cc1cccs1)C1CC1. The molecule has 0 saturated heterocycles. The number of thiophene rings is 1. The van der Waals surface area contributed by atoms with E-state index in [-0.39, 0.29) is 22.5 Å². The molecular formula is C14H13ClFNO2S2. The van der Waals surface area contributed by atoms with Crippen molar-refractivity contribution < 1.29 is 12.8 Å². The van der Waals surface area contributed by atoms with Crippen LogP contribution in [0.2, 0.25) is 5.02 Å². The molecule has 0 spiro atoms. The summed E-state index contributed by atoms with van der Waals surface area (Å²) in [6, 6.07) is 7.39. The minimum absolute atomic E-state index is 0.0350. The van der Waals surface area contributed by atoms with Gasteiger partial charge in [-0.3, -0.25) is 0 Å². The van der Waals surface area contributed by atoms with E-state index in [1.54, 1.807) is 0 Å². The quantitative estimate of drug-likeness (QED) is 0.824. The van der Waals surface area contributed by atoms with Gasteiger partial charge in [0, 0.05) is 22.5 Å². The number of hydrogen-bond acceptors (Lipinski definition) is 3. The normalized spacial score (nSPS) is 15.6. The second-order valence-corrected chi connectivity index (χ2v) is 8.26. The van der Waals surface area contributed by atoms with E-state index in [9.17, 15) is 12.8 Å². The first-order valence-corrected chi connectivity index (χ1v) is 9.17. The number of sulfonamides is 1. The molecule has 0 aliphatic heterocycles. The Balaban J connectivity index is 1.97. The lowest BCUT2D eigenvalue weighted by molar-refractivity contribution is 0.398. The van der Waals surface area contributed by atoms with E-state index in [1.807, 2.05) is 17.5 Å². The maximum atomic E-state index is 14.0. The summed E-state index contributed by atoms with van der Waals surface area (Å²) in [6.45, 7) is 0.284. The molecule has 1 fully saturated rings. The topological polar surface area (TPSA) is 37.4 Å². The van der Waals surface area contributed by atoms with E-state index in [1.165, 1.54) is 27.8 Å². The van der Waals surface area contributed by atoms with Crippen LogP contribution >= 0.6 is 22.9 Å². The number of halogens is 2. The van der Waals surface area contributed by atoms with E-state index >= 15 is 0 Å². The summed E-state index contributed by atoms with van der Waals surface area (Å²) >= 11 is 7.18. The van der Waals surface area contributed by atoms with Crippen LogP contribution in [0.3, 0.4) is 0 Å². The Bertz CT molecular complexity index is 742. The molecule has 3 rings (SSSR count). The molecule has 1 aliphatic carbocycles. The second-order valence-electron chi connectivity index (χ2n) is 4.94. The zero-order valence-electron chi connectivity index (χ0n) is 11.0. The van der Waals surface area contributed by atoms with Crippen LogP contribution in [0.4, 0.5) is 4.39 Å². The van der Waals surface area contributed by atoms with Crippen LogP contribution in [-0.4, -0.2) is 18.8 Å². The minimum atomic E-state index is -3.85. The van der Waals surface area contributed by atoms with Gasteiger partial charge in [-0.1, -0.05) is 17.7 Å². The van der Waals surface area contributed by atoms with Crippen molar-refractivity contribution in [1.29, 1.82) is 0 Å². The average Bonchev–Trinajstić information content (AvgIpc) is 3.11. The third-order valence-electron chi connectivity index (χ3n) is 3.33. The summed E-state index contributed by atoms with van der Waals surface area (Å²) in [7, 11) is -3.85. The van der Waals surface area contributed by atoms with Crippen molar-refractivity contribution in [3.05, 3.63) is 51.4 Å². The largest absolute Gasteiger partial charge is 0.246 e. The van der Waals surface area contributed by atoms with Gasteiger partial charge in [-0.05, 0) is 42.5 Å². The lowest BCUT2D eigenvalue weighted by Crippen LogP contribution is -2.33. The predicted octanol–water partition coefficient (Wildman–Crippen LogP) is 3.89. The zero-order valence-corrected chi connectivity index (χ0v) is 13.4. The number of hydrogen-bond donors (Lipinski definition) is 0. The standard InChI is InChI=1S/C14H13ClFNO2S2/c15-10-3-6-14(13(16)8-10)21(18,19)17(11-4-5-11)9-12-2-1-7-20-12/h1-3,6-8,11H,4-5,9H2. The highest BCUT2D eigenvalue weighted by atomic mass is 35.5. The lowest BCUT2D eigenvalue weighted by Gasteiger charge is -2.21. The van der Waals surface area contributed by atoms with Crippen LogP contribution in [0.15, 0.2) is 40.6 Å². The van der Waals surface area contributed by atoms with E-state index in [0.717, 1.165) is 23.8 Å². The second kappa shape index (κ2) is 5.68. The monoisotopic (exact) mass is 345 g/mol. The summed E-state index contributed by atoms with van der Waals surface area (Å²) in [5.41, 5.74) is 0. The molecular weight excluding hydrogens is 333 g/mol. The van der Waals surface area contributed by atoms with Gasteiger partial charge >= 0.3 is 0 Å². The maximum Gasteiger partial charge on any atom is 0.246 e. The Labute approximate surface area is 132 Å². The summed E-state index contributed by atoms with van der Waals surface area (Å²) in [4.78, 5) is 0.634. The van der Waals surface area contributed by atoms with Crippen molar-refractivity contribution in [3.63, 3.8) is 0 Å². The fourth-order valence-corrected chi connectivity index (χ4v) is 4.79. The average molecular weight is 346 g/mol. The van der Waals surface area contributed by atoms with Gasteiger partial charge in [-0.2, -0.15) is 4.31 Å². The molecule has 0 radical (unpaired) electrons. The zero-order chi connectivity index (χ0) is 15.0. The van der Waals surface area contributed by atoms with Crippen LogP contribution in [0.25, 0.3) is 0 Å². The molecule has 1 aromatic heterocycles. The lowest BCUT2D eigenvalue weighted by atomic mass is 10.3. The Kier molecular flexibility index (Phi) is 4.05. The van der Waals surface area contributed by atoms with Crippen LogP contribution in [0.5, 0.6) is 0 Å². The Morgan fingerprint density at radius 1 is 1.33 bits per heavy atom. The van der Waals surface area contributed by atoms with Crippen LogP contribution in [0.1, 0.15) is 17.7 Å². The van der Waals surface area contributed by atoms with Gasteiger partial charge in [0.1, 0.15) is 10.7 Å². The van der Waals surface area contributed by atoms with Gasteiger partial charge in [-0.25, -0.2) is 12.8 Å². The van der Waals surface area contributed by atoms with Crippen molar-refractivity contribution in [3.8, 4) is 0 Å². The van der Waals surface area contributed by atoms with Crippen LogP contribution in [0, 0.1) is 5.82 Å². The summed E-state index contributed by atoms with van der Waals surface area (Å²) in [6.07, 6.45) is 1.64. The molecule has 21 heavy (non-hydrogen) atoms. The highest BCUT2D eigenvalue weighted by Gasteiger charge is 2.39. The van der Waals surface area contributed by atoms with Gasteiger partial charge in [0.25, 0.3) is 0 Å². The van der Waals surface area contributed by atoms with Crippen molar-refractivity contribution >= 4 is 33.0 Å². The number of benzene rings is 1. The minimum Gasteiger partial charge on any atom is -0.207 e. The molecule has 0 unspecified atom stereocenters. The number of nitrogens with zero attached hydrogens (tertiary/aromatic N) is 1. The fraction of sp³-hybridized carbons (Fsp3) is 0.286. The molecule has 0 amide bonds. The first kappa shape index (κ1) is 15.0. The summed E-state index contributed by atoms with van der Waals surface area (Å²) in [5, 5.41) is 2.08. The third-order valence-corrected chi connectivity index (χ3v) is 6.35. The predicted molar refractivity (Wildman–Crippen MR) is 81.5 cm³/mol.